The first-order valence-corrected chi connectivity index (χ1v) is 6.16. The molecule has 1 heterocycles. The van der Waals surface area contributed by atoms with Crippen LogP contribution in [0.25, 0.3) is 0 Å². The summed E-state index contributed by atoms with van der Waals surface area (Å²) in [7, 11) is 1.63. The largest absolute Gasteiger partial charge is 0.496 e. The maximum absolute atomic E-state index is 11.4. The molecule has 0 spiro atoms. The minimum atomic E-state index is -0.521. The Morgan fingerprint density at radius 2 is 2.00 bits per heavy atom. The summed E-state index contributed by atoms with van der Waals surface area (Å²) in [5.41, 5.74) is 1.67. The lowest BCUT2D eigenvalue weighted by molar-refractivity contribution is -0.130. The van der Waals surface area contributed by atoms with Crippen LogP contribution in [0.4, 0.5) is 0 Å². The third-order valence-electron chi connectivity index (χ3n) is 3.55. The van der Waals surface area contributed by atoms with Gasteiger partial charge in [-0.15, -0.1) is 0 Å². The Bertz CT molecular complexity index is 453. The van der Waals surface area contributed by atoms with Crippen molar-refractivity contribution in [3.63, 3.8) is 0 Å². The highest BCUT2D eigenvalue weighted by atomic mass is 16.5. The van der Waals surface area contributed by atoms with Crippen LogP contribution < -0.4 is 4.74 Å². The predicted molar refractivity (Wildman–Crippen MR) is 70.3 cm³/mol. The van der Waals surface area contributed by atoms with E-state index in [1.165, 1.54) is 5.56 Å². The summed E-state index contributed by atoms with van der Waals surface area (Å²) in [4.78, 5) is 11.4. The van der Waals surface area contributed by atoms with Gasteiger partial charge in [0.1, 0.15) is 17.5 Å². The summed E-state index contributed by atoms with van der Waals surface area (Å²) in [5.74, 6) is 0.762. The van der Waals surface area contributed by atoms with Crippen molar-refractivity contribution in [3.05, 3.63) is 29.3 Å². The van der Waals surface area contributed by atoms with E-state index in [-0.39, 0.29) is 5.41 Å². The summed E-state index contributed by atoms with van der Waals surface area (Å²) in [6.45, 7) is 7.36. The van der Waals surface area contributed by atoms with Crippen molar-refractivity contribution in [3.8, 4) is 5.75 Å². The molecule has 18 heavy (non-hydrogen) atoms. The van der Waals surface area contributed by atoms with Gasteiger partial charge in [0.25, 0.3) is 0 Å². The van der Waals surface area contributed by atoms with Gasteiger partial charge in [-0.3, -0.25) is 0 Å². The first-order chi connectivity index (χ1) is 8.43. The van der Waals surface area contributed by atoms with E-state index in [1.54, 1.807) is 7.11 Å². The van der Waals surface area contributed by atoms with Crippen LogP contribution in [0.5, 0.6) is 5.75 Å². The number of ether oxygens (including phenoxy) is 2. The van der Waals surface area contributed by atoms with Gasteiger partial charge in [0.15, 0.2) is 0 Å². The van der Waals surface area contributed by atoms with E-state index in [0.717, 1.165) is 17.6 Å². The van der Waals surface area contributed by atoms with Crippen molar-refractivity contribution in [2.24, 2.45) is 0 Å². The standard InChI is InChI=1S/C15H20O3/c1-14(2,3)11-5-6-13(17-4)12(7-11)15(8-16)9-18-10-15/h5-8H,9-10H2,1-4H3. The molecule has 0 N–H and O–H groups in total. The molecule has 0 amide bonds. The van der Waals surface area contributed by atoms with Gasteiger partial charge < -0.3 is 14.3 Å². The van der Waals surface area contributed by atoms with E-state index in [4.69, 9.17) is 9.47 Å². The Balaban J connectivity index is 2.53. The molecule has 1 aromatic carbocycles. The molecule has 2 rings (SSSR count). The van der Waals surface area contributed by atoms with Gasteiger partial charge in [-0.25, -0.2) is 0 Å². The molecule has 0 bridgehead atoms. The zero-order valence-corrected chi connectivity index (χ0v) is 11.4. The van der Waals surface area contributed by atoms with Crippen LogP contribution >= 0.6 is 0 Å². The van der Waals surface area contributed by atoms with Crippen molar-refractivity contribution < 1.29 is 14.3 Å². The van der Waals surface area contributed by atoms with Crippen molar-refractivity contribution in [2.75, 3.05) is 20.3 Å². The van der Waals surface area contributed by atoms with Gasteiger partial charge in [0, 0.05) is 5.56 Å². The van der Waals surface area contributed by atoms with Gasteiger partial charge in [-0.1, -0.05) is 32.9 Å². The second-order valence-corrected chi connectivity index (χ2v) is 5.93. The van der Waals surface area contributed by atoms with E-state index in [0.29, 0.717) is 13.2 Å². The van der Waals surface area contributed by atoms with Crippen LogP contribution in [0.3, 0.4) is 0 Å². The van der Waals surface area contributed by atoms with E-state index in [9.17, 15) is 4.79 Å². The smallest absolute Gasteiger partial charge is 0.135 e. The minimum Gasteiger partial charge on any atom is -0.496 e. The zero-order valence-electron chi connectivity index (χ0n) is 11.4. The van der Waals surface area contributed by atoms with Gasteiger partial charge in [-0.05, 0) is 17.0 Å². The monoisotopic (exact) mass is 248 g/mol. The summed E-state index contributed by atoms with van der Waals surface area (Å²) in [5, 5.41) is 0. The maximum atomic E-state index is 11.4. The molecule has 1 aliphatic rings. The molecular formula is C15H20O3. The Kier molecular flexibility index (Phi) is 3.20. The third kappa shape index (κ3) is 2.03. The van der Waals surface area contributed by atoms with Crippen LogP contribution in [0.2, 0.25) is 0 Å². The minimum absolute atomic E-state index is 0.0513. The number of carbonyl (C=O) groups excluding carboxylic acids is 1. The quantitative estimate of drug-likeness (QED) is 0.771. The fraction of sp³-hybridized carbons (Fsp3) is 0.533. The highest BCUT2D eigenvalue weighted by Gasteiger charge is 2.42. The van der Waals surface area contributed by atoms with Crippen LogP contribution in [-0.2, 0) is 20.4 Å². The molecule has 0 unspecified atom stereocenters. The van der Waals surface area contributed by atoms with Crippen molar-refractivity contribution >= 4 is 6.29 Å². The normalized spacial score (nSPS) is 18.0. The predicted octanol–water partition coefficient (Wildman–Crippen LogP) is 2.46. The van der Waals surface area contributed by atoms with Crippen LogP contribution in [0.15, 0.2) is 18.2 Å². The molecule has 0 radical (unpaired) electrons. The van der Waals surface area contributed by atoms with Gasteiger partial charge in [0.05, 0.1) is 20.3 Å². The highest BCUT2D eigenvalue weighted by Crippen LogP contribution is 2.38. The Hall–Kier alpha value is -1.35. The molecular weight excluding hydrogens is 228 g/mol. The lowest BCUT2D eigenvalue weighted by Crippen LogP contribution is -2.48. The first-order valence-electron chi connectivity index (χ1n) is 6.16. The number of methoxy groups -OCH3 is 1. The van der Waals surface area contributed by atoms with Crippen LogP contribution in [-0.4, -0.2) is 26.6 Å². The average molecular weight is 248 g/mol. The molecule has 1 aliphatic heterocycles. The molecule has 3 nitrogen and oxygen atoms in total. The van der Waals surface area contributed by atoms with E-state index in [2.05, 4.69) is 32.9 Å². The number of carbonyl (C=O) groups is 1. The average Bonchev–Trinajstić information content (AvgIpc) is 2.27. The van der Waals surface area contributed by atoms with Gasteiger partial charge in [-0.2, -0.15) is 0 Å². The molecule has 98 valence electrons. The Morgan fingerprint density at radius 1 is 1.33 bits per heavy atom. The van der Waals surface area contributed by atoms with E-state index < -0.39 is 5.41 Å². The molecule has 1 fully saturated rings. The lowest BCUT2D eigenvalue weighted by atomic mass is 9.76. The number of rotatable bonds is 3. The number of benzene rings is 1. The maximum Gasteiger partial charge on any atom is 0.135 e. The lowest BCUT2D eigenvalue weighted by Gasteiger charge is -2.38. The second kappa shape index (κ2) is 4.39. The van der Waals surface area contributed by atoms with Crippen LogP contribution in [0.1, 0.15) is 31.9 Å². The third-order valence-corrected chi connectivity index (χ3v) is 3.55. The molecule has 0 aromatic heterocycles. The van der Waals surface area contributed by atoms with E-state index in [1.807, 2.05) is 6.07 Å². The number of hydrogen-bond donors (Lipinski definition) is 0. The molecule has 1 aromatic rings. The molecule has 0 aliphatic carbocycles. The Morgan fingerprint density at radius 3 is 2.39 bits per heavy atom. The van der Waals surface area contributed by atoms with Crippen molar-refractivity contribution in [1.29, 1.82) is 0 Å². The number of aldehydes is 1. The Labute approximate surface area is 108 Å². The number of hydrogen-bond acceptors (Lipinski definition) is 3. The van der Waals surface area contributed by atoms with Gasteiger partial charge in [0.2, 0.25) is 0 Å². The topological polar surface area (TPSA) is 35.5 Å². The molecule has 1 saturated heterocycles. The van der Waals surface area contributed by atoms with Gasteiger partial charge >= 0.3 is 0 Å². The van der Waals surface area contributed by atoms with Crippen molar-refractivity contribution in [1.82, 2.24) is 0 Å². The SMILES string of the molecule is COc1ccc(C(C)(C)C)cc1C1(C=O)COC1. The fourth-order valence-corrected chi connectivity index (χ4v) is 2.17. The second-order valence-electron chi connectivity index (χ2n) is 5.93. The summed E-state index contributed by atoms with van der Waals surface area (Å²) in [6.07, 6.45) is 0.987. The summed E-state index contributed by atoms with van der Waals surface area (Å²) in [6, 6.07) is 6.08. The first kappa shape index (κ1) is 13.1. The fourth-order valence-electron chi connectivity index (χ4n) is 2.17. The van der Waals surface area contributed by atoms with Crippen molar-refractivity contribution in [2.45, 2.75) is 31.6 Å². The van der Waals surface area contributed by atoms with Crippen LogP contribution in [0, 0.1) is 0 Å². The van der Waals surface area contributed by atoms with E-state index >= 15 is 0 Å². The summed E-state index contributed by atoms with van der Waals surface area (Å²) < 4.78 is 10.6. The summed E-state index contributed by atoms with van der Waals surface area (Å²) >= 11 is 0. The molecule has 0 atom stereocenters. The zero-order chi connectivity index (χ0) is 13.4. The molecule has 3 heteroatoms. The molecule has 0 saturated carbocycles. The highest BCUT2D eigenvalue weighted by molar-refractivity contribution is 5.73.